The van der Waals surface area contributed by atoms with Crippen molar-refractivity contribution in [2.75, 3.05) is 0 Å². The molecule has 1 unspecified atom stereocenters. The Hall–Kier alpha value is -1.10. The van der Waals surface area contributed by atoms with Gasteiger partial charge in [0.2, 0.25) is 5.91 Å². The first-order valence-corrected chi connectivity index (χ1v) is 4.62. The normalized spacial score (nSPS) is 27.1. The van der Waals surface area contributed by atoms with Crippen LogP contribution in [0, 0.1) is 5.92 Å². The average molecular weight is 200 g/mol. The van der Waals surface area contributed by atoms with Crippen LogP contribution in [-0.4, -0.2) is 28.6 Å². The van der Waals surface area contributed by atoms with Crippen LogP contribution in [-0.2, 0) is 9.59 Å². The van der Waals surface area contributed by atoms with Crippen LogP contribution in [0.25, 0.3) is 0 Å². The minimum atomic E-state index is -1.05. The van der Waals surface area contributed by atoms with Crippen molar-refractivity contribution in [3.05, 3.63) is 0 Å². The highest BCUT2D eigenvalue weighted by molar-refractivity contribution is 5.83. The highest BCUT2D eigenvalue weighted by Crippen LogP contribution is 2.27. The molecule has 2 atom stereocenters. The van der Waals surface area contributed by atoms with E-state index in [-0.39, 0.29) is 23.8 Å². The number of carbonyl (C=O) groups excluding carboxylic acids is 1. The molecule has 1 aliphatic rings. The second-order valence-corrected chi connectivity index (χ2v) is 4.45. The van der Waals surface area contributed by atoms with Gasteiger partial charge >= 0.3 is 5.97 Å². The lowest BCUT2D eigenvalue weighted by atomic mass is 9.92. The van der Waals surface area contributed by atoms with Crippen LogP contribution in [0.2, 0.25) is 0 Å². The van der Waals surface area contributed by atoms with Gasteiger partial charge in [-0.25, -0.2) is 0 Å². The van der Waals surface area contributed by atoms with Crippen molar-refractivity contribution >= 4 is 11.9 Å². The number of carboxylic acids is 1. The van der Waals surface area contributed by atoms with Crippen LogP contribution in [0.15, 0.2) is 0 Å². The van der Waals surface area contributed by atoms with E-state index in [0.29, 0.717) is 6.42 Å². The van der Waals surface area contributed by atoms with Crippen LogP contribution >= 0.6 is 0 Å². The van der Waals surface area contributed by atoms with Gasteiger partial charge in [0.05, 0.1) is 0 Å². The third-order valence-corrected chi connectivity index (χ3v) is 2.44. The van der Waals surface area contributed by atoms with E-state index in [4.69, 9.17) is 10.8 Å². The van der Waals surface area contributed by atoms with Crippen LogP contribution in [0.3, 0.4) is 0 Å². The molecule has 1 saturated heterocycles. The van der Waals surface area contributed by atoms with Crippen LogP contribution in [0.5, 0.6) is 0 Å². The Morgan fingerprint density at radius 1 is 1.79 bits per heavy atom. The van der Waals surface area contributed by atoms with E-state index in [0.717, 1.165) is 0 Å². The predicted octanol–water partition coefficient (Wildman–Crippen LogP) is -0.297. The molecule has 0 aromatic carbocycles. The molecule has 1 aliphatic heterocycles. The lowest BCUT2D eigenvalue weighted by Gasteiger charge is -2.16. The molecule has 80 valence electrons. The zero-order valence-electron chi connectivity index (χ0n) is 8.41. The van der Waals surface area contributed by atoms with Crippen molar-refractivity contribution in [1.29, 1.82) is 0 Å². The van der Waals surface area contributed by atoms with Crippen molar-refractivity contribution in [1.82, 2.24) is 5.32 Å². The van der Waals surface area contributed by atoms with Crippen molar-refractivity contribution in [3.8, 4) is 0 Å². The summed E-state index contributed by atoms with van der Waals surface area (Å²) in [6.07, 6.45) is 0.859. The molecule has 1 heterocycles. The Bertz CT molecular complexity index is 263. The monoisotopic (exact) mass is 200 g/mol. The van der Waals surface area contributed by atoms with Gasteiger partial charge in [0.15, 0.2) is 0 Å². The van der Waals surface area contributed by atoms with E-state index in [1.54, 1.807) is 0 Å². The molecule has 1 amide bonds. The number of nitrogens with one attached hydrogen (secondary N) is 1. The first-order chi connectivity index (χ1) is 6.32. The molecule has 0 bridgehead atoms. The zero-order chi connectivity index (χ0) is 10.9. The number of carbonyl (C=O) groups is 2. The molecule has 0 radical (unpaired) electrons. The number of amides is 1. The lowest BCUT2D eigenvalue weighted by Crippen LogP contribution is -2.36. The SMILES string of the molecule is CC1(C)CC(C[C@H](N)C(=O)O)C(=O)N1. The highest BCUT2D eigenvalue weighted by atomic mass is 16.4. The van der Waals surface area contributed by atoms with Crippen molar-refractivity contribution in [2.24, 2.45) is 11.7 Å². The van der Waals surface area contributed by atoms with Gasteiger partial charge in [-0.1, -0.05) is 0 Å². The molecular weight excluding hydrogens is 184 g/mol. The third kappa shape index (κ3) is 2.45. The topological polar surface area (TPSA) is 92.4 Å². The Labute approximate surface area is 82.7 Å². The van der Waals surface area contributed by atoms with E-state index < -0.39 is 12.0 Å². The van der Waals surface area contributed by atoms with Gasteiger partial charge in [-0.2, -0.15) is 0 Å². The predicted molar refractivity (Wildman–Crippen MR) is 50.6 cm³/mol. The summed E-state index contributed by atoms with van der Waals surface area (Å²) in [5, 5.41) is 11.4. The number of rotatable bonds is 3. The smallest absolute Gasteiger partial charge is 0.320 e. The van der Waals surface area contributed by atoms with E-state index in [1.165, 1.54) is 0 Å². The van der Waals surface area contributed by atoms with Gasteiger partial charge < -0.3 is 16.2 Å². The molecule has 5 nitrogen and oxygen atoms in total. The second kappa shape index (κ2) is 3.57. The Morgan fingerprint density at radius 3 is 2.71 bits per heavy atom. The Morgan fingerprint density at radius 2 is 2.36 bits per heavy atom. The number of hydrogen-bond donors (Lipinski definition) is 3. The largest absolute Gasteiger partial charge is 0.480 e. The Balaban J connectivity index is 2.55. The molecule has 1 rings (SSSR count). The first kappa shape index (κ1) is 11.0. The first-order valence-electron chi connectivity index (χ1n) is 4.62. The van der Waals surface area contributed by atoms with E-state index >= 15 is 0 Å². The number of hydrogen-bond acceptors (Lipinski definition) is 3. The van der Waals surface area contributed by atoms with Gasteiger partial charge in [0, 0.05) is 11.5 Å². The summed E-state index contributed by atoms with van der Waals surface area (Å²) in [6, 6.07) is -0.945. The maximum absolute atomic E-state index is 11.4. The molecule has 0 saturated carbocycles. The third-order valence-electron chi connectivity index (χ3n) is 2.44. The number of carboxylic acid groups (broad SMARTS) is 1. The summed E-state index contributed by atoms with van der Waals surface area (Å²) in [5.74, 6) is -1.41. The average Bonchev–Trinajstić information content (AvgIpc) is 2.24. The van der Waals surface area contributed by atoms with Gasteiger partial charge in [0.1, 0.15) is 6.04 Å². The highest BCUT2D eigenvalue weighted by Gasteiger charge is 2.38. The van der Waals surface area contributed by atoms with E-state index in [9.17, 15) is 9.59 Å². The molecule has 5 heteroatoms. The maximum Gasteiger partial charge on any atom is 0.320 e. The molecule has 0 aliphatic carbocycles. The maximum atomic E-state index is 11.4. The summed E-state index contributed by atoms with van der Waals surface area (Å²) in [6.45, 7) is 3.83. The second-order valence-electron chi connectivity index (χ2n) is 4.45. The van der Waals surface area contributed by atoms with Crippen molar-refractivity contribution in [2.45, 2.75) is 38.3 Å². The Kier molecular flexibility index (Phi) is 2.80. The van der Waals surface area contributed by atoms with Gasteiger partial charge in [0.25, 0.3) is 0 Å². The molecule has 0 aromatic rings. The van der Waals surface area contributed by atoms with Gasteiger partial charge in [-0.05, 0) is 26.7 Å². The quantitative estimate of drug-likeness (QED) is 0.583. The van der Waals surface area contributed by atoms with Crippen LogP contribution in [0.4, 0.5) is 0 Å². The number of nitrogens with two attached hydrogens (primary N) is 1. The summed E-state index contributed by atoms with van der Waals surface area (Å²) >= 11 is 0. The minimum Gasteiger partial charge on any atom is -0.480 e. The molecule has 0 spiro atoms. The summed E-state index contributed by atoms with van der Waals surface area (Å²) < 4.78 is 0. The van der Waals surface area contributed by atoms with Crippen LogP contribution in [0.1, 0.15) is 26.7 Å². The van der Waals surface area contributed by atoms with E-state index in [1.807, 2.05) is 13.8 Å². The molecule has 1 fully saturated rings. The molecule has 4 N–H and O–H groups in total. The van der Waals surface area contributed by atoms with Gasteiger partial charge in [-0.3, -0.25) is 9.59 Å². The molecular formula is C9H16N2O3. The summed E-state index contributed by atoms with van der Waals surface area (Å²) in [4.78, 5) is 21.9. The zero-order valence-corrected chi connectivity index (χ0v) is 8.41. The molecule has 0 aromatic heterocycles. The molecule has 14 heavy (non-hydrogen) atoms. The fourth-order valence-electron chi connectivity index (χ4n) is 1.79. The standard InChI is InChI=1S/C9H16N2O3/c1-9(2)4-5(7(12)11-9)3-6(10)8(13)14/h5-6H,3-4,10H2,1-2H3,(H,11,12)(H,13,14)/t5?,6-/m0/s1. The minimum absolute atomic E-state index is 0.0910. The van der Waals surface area contributed by atoms with Crippen molar-refractivity contribution in [3.63, 3.8) is 0 Å². The van der Waals surface area contributed by atoms with Gasteiger partial charge in [-0.15, -0.1) is 0 Å². The number of aliphatic carboxylic acids is 1. The van der Waals surface area contributed by atoms with Crippen molar-refractivity contribution < 1.29 is 14.7 Å². The fraction of sp³-hybridized carbons (Fsp3) is 0.778. The summed E-state index contributed by atoms with van der Waals surface area (Å²) in [7, 11) is 0. The lowest BCUT2D eigenvalue weighted by molar-refractivity contribution is -0.139. The van der Waals surface area contributed by atoms with E-state index in [2.05, 4.69) is 5.32 Å². The summed E-state index contributed by atoms with van der Waals surface area (Å²) in [5.41, 5.74) is 5.13. The fourth-order valence-corrected chi connectivity index (χ4v) is 1.79. The van der Waals surface area contributed by atoms with Crippen LogP contribution < -0.4 is 11.1 Å².